The van der Waals surface area contributed by atoms with Crippen molar-refractivity contribution in [1.29, 1.82) is 0 Å². The summed E-state index contributed by atoms with van der Waals surface area (Å²) in [5.41, 5.74) is 0.996. The van der Waals surface area contributed by atoms with E-state index in [-0.39, 0.29) is 0 Å². The average Bonchev–Trinajstić information content (AvgIpc) is 2.71. The van der Waals surface area contributed by atoms with Crippen LogP contribution in [0.5, 0.6) is 0 Å². The monoisotopic (exact) mass is 236 g/mol. The predicted molar refractivity (Wildman–Crippen MR) is 65.5 cm³/mol. The molecule has 1 heterocycles. The molecule has 2 aromatic rings. The number of benzene rings is 1. The maximum absolute atomic E-state index is 9.62. The molecule has 1 nitrogen and oxygen atoms in total. The molecule has 0 radical (unpaired) electrons. The van der Waals surface area contributed by atoms with E-state index < -0.39 is 6.10 Å². The number of thiophene rings is 1. The molecule has 0 amide bonds. The Morgan fingerprint density at radius 3 is 2.67 bits per heavy atom. The van der Waals surface area contributed by atoms with Gasteiger partial charge in [0.15, 0.2) is 0 Å². The van der Waals surface area contributed by atoms with Crippen LogP contribution in [0.25, 0.3) is 0 Å². The van der Waals surface area contributed by atoms with Gasteiger partial charge in [0, 0.05) is 4.90 Å². The van der Waals surface area contributed by atoms with Crippen LogP contribution in [-0.4, -0.2) is 5.11 Å². The number of hydrogen-bond acceptors (Lipinski definition) is 3. The van der Waals surface area contributed by atoms with E-state index in [0.717, 1.165) is 10.5 Å². The maximum Gasteiger partial charge on any atom is 0.0772 e. The summed E-state index contributed by atoms with van der Waals surface area (Å²) in [5, 5.41) is 11.7. The van der Waals surface area contributed by atoms with Crippen LogP contribution < -0.4 is 0 Å². The van der Waals surface area contributed by atoms with Gasteiger partial charge in [-0.15, -0.1) is 11.3 Å². The molecule has 0 fully saturated rings. The third kappa shape index (κ3) is 2.62. The molecule has 0 spiro atoms. The van der Waals surface area contributed by atoms with Gasteiger partial charge in [0.1, 0.15) is 0 Å². The third-order valence-corrected chi connectivity index (χ3v) is 4.20. The van der Waals surface area contributed by atoms with E-state index in [1.54, 1.807) is 30.0 Å². The molecule has 0 unspecified atom stereocenters. The molecular formula is C12H12OS2. The highest BCUT2D eigenvalue weighted by molar-refractivity contribution is 8.01. The molecule has 1 atom stereocenters. The number of aliphatic hydroxyl groups is 1. The van der Waals surface area contributed by atoms with Gasteiger partial charge >= 0.3 is 0 Å². The largest absolute Gasteiger partial charge is 0.389 e. The summed E-state index contributed by atoms with van der Waals surface area (Å²) in [4.78, 5) is 1.13. The van der Waals surface area contributed by atoms with Crippen LogP contribution in [0, 0.1) is 0 Å². The Labute approximate surface area is 97.8 Å². The molecule has 1 N–H and O–H groups in total. The van der Waals surface area contributed by atoms with Crippen LogP contribution in [0.15, 0.2) is 50.9 Å². The summed E-state index contributed by atoms with van der Waals surface area (Å²) in [7, 11) is 0. The van der Waals surface area contributed by atoms with Crippen molar-refractivity contribution in [3.05, 3.63) is 47.3 Å². The Kier molecular flexibility index (Phi) is 3.46. The van der Waals surface area contributed by atoms with E-state index in [1.807, 2.05) is 30.3 Å². The molecule has 2 rings (SSSR count). The molecule has 0 saturated carbocycles. The van der Waals surface area contributed by atoms with E-state index in [4.69, 9.17) is 0 Å². The van der Waals surface area contributed by atoms with Gasteiger partial charge in [-0.1, -0.05) is 36.0 Å². The van der Waals surface area contributed by atoms with Gasteiger partial charge in [-0.2, -0.15) is 0 Å². The van der Waals surface area contributed by atoms with Crippen LogP contribution in [0.1, 0.15) is 18.6 Å². The van der Waals surface area contributed by atoms with Crippen LogP contribution >= 0.6 is 23.1 Å². The zero-order valence-electron chi connectivity index (χ0n) is 8.38. The van der Waals surface area contributed by atoms with Gasteiger partial charge in [0.25, 0.3) is 0 Å². The van der Waals surface area contributed by atoms with Gasteiger partial charge in [-0.05, 0) is 30.0 Å². The SMILES string of the molecule is C[C@@H](O)c1ccccc1Sc1cccs1. The molecule has 0 aliphatic heterocycles. The molecule has 0 bridgehead atoms. The van der Waals surface area contributed by atoms with E-state index in [1.165, 1.54) is 4.21 Å². The smallest absolute Gasteiger partial charge is 0.0772 e. The lowest BCUT2D eigenvalue weighted by atomic mass is 10.1. The summed E-state index contributed by atoms with van der Waals surface area (Å²) in [6.07, 6.45) is -0.409. The first-order valence-electron chi connectivity index (χ1n) is 4.75. The summed E-state index contributed by atoms with van der Waals surface area (Å²) in [5.74, 6) is 0. The van der Waals surface area contributed by atoms with Crippen molar-refractivity contribution in [1.82, 2.24) is 0 Å². The molecule has 78 valence electrons. The zero-order chi connectivity index (χ0) is 10.7. The van der Waals surface area contributed by atoms with E-state index in [9.17, 15) is 5.11 Å². The summed E-state index contributed by atoms with van der Waals surface area (Å²) in [6, 6.07) is 12.1. The Hall–Kier alpha value is -0.770. The Balaban J connectivity index is 2.28. The molecule has 0 saturated heterocycles. The Bertz CT molecular complexity index is 421. The lowest BCUT2D eigenvalue weighted by molar-refractivity contribution is 0.196. The molecule has 1 aromatic carbocycles. The second-order valence-electron chi connectivity index (χ2n) is 3.25. The van der Waals surface area contributed by atoms with Gasteiger partial charge in [0.2, 0.25) is 0 Å². The van der Waals surface area contributed by atoms with Gasteiger partial charge in [0.05, 0.1) is 10.3 Å². The summed E-state index contributed by atoms with van der Waals surface area (Å²) < 4.78 is 1.25. The predicted octanol–water partition coefficient (Wildman–Crippen LogP) is 3.95. The van der Waals surface area contributed by atoms with Gasteiger partial charge in [-0.3, -0.25) is 0 Å². The van der Waals surface area contributed by atoms with Crippen molar-refractivity contribution in [2.75, 3.05) is 0 Å². The molecule has 3 heteroatoms. The van der Waals surface area contributed by atoms with Gasteiger partial charge in [-0.25, -0.2) is 0 Å². The fourth-order valence-electron chi connectivity index (χ4n) is 1.35. The highest BCUT2D eigenvalue weighted by atomic mass is 32.2. The molecule has 0 aliphatic rings. The quantitative estimate of drug-likeness (QED) is 0.870. The van der Waals surface area contributed by atoms with Crippen LogP contribution in [-0.2, 0) is 0 Å². The van der Waals surface area contributed by atoms with Crippen molar-refractivity contribution < 1.29 is 5.11 Å². The highest BCUT2D eigenvalue weighted by Crippen LogP contribution is 2.35. The molecule has 1 aromatic heterocycles. The van der Waals surface area contributed by atoms with Crippen LogP contribution in [0.3, 0.4) is 0 Å². The fourth-order valence-corrected chi connectivity index (χ4v) is 3.29. The normalized spacial score (nSPS) is 12.7. The fraction of sp³-hybridized carbons (Fsp3) is 0.167. The standard InChI is InChI=1S/C12H12OS2/c1-9(13)10-5-2-3-6-11(10)15-12-7-4-8-14-12/h2-9,13H,1H3/t9-/m1/s1. The zero-order valence-corrected chi connectivity index (χ0v) is 10.0. The van der Waals surface area contributed by atoms with Crippen molar-refractivity contribution in [3.8, 4) is 0 Å². The Morgan fingerprint density at radius 1 is 1.20 bits per heavy atom. The minimum Gasteiger partial charge on any atom is -0.389 e. The molecule has 15 heavy (non-hydrogen) atoms. The number of rotatable bonds is 3. The third-order valence-electron chi connectivity index (χ3n) is 2.07. The summed E-state index contributed by atoms with van der Waals surface area (Å²) in [6.45, 7) is 1.80. The Morgan fingerprint density at radius 2 is 2.00 bits per heavy atom. The second-order valence-corrected chi connectivity index (χ2v) is 5.54. The van der Waals surface area contributed by atoms with E-state index in [2.05, 4.69) is 11.4 Å². The number of hydrogen-bond donors (Lipinski definition) is 1. The van der Waals surface area contributed by atoms with Gasteiger partial charge < -0.3 is 5.11 Å². The van der Waals surface area contributed by atoms with Crippen molar-refractivity contribution >= 4 is 23.1 Å². The highest BCUT2D eigenvalue weighted by Gasteiger charge is 2.08. The second kappa shape index (κ2) is 4.84. The molecule has 0 aliphatic carbocycles. The van der Waals surface area contributed by atoms with E-state index >= 15 is 0 Å². The first kappa shape index (κ1) is 10.7. The van der Waals surface area contributed by atoms with Crippen molar-refractivity contribution in [2.45, 2.75) is 22.1 Å². The van der Waals surface area contributed by atoms with Crippen molar-refractivity contribution in [2.24, 2.45) is 0 Å². The first-order valence-corrected chi connectivity index (χ1v) is 6.45. The maximum atomic E-state index is 9.62. The van der Waals surface area contributed by atoms with E-state index in [0.29, 0.717) is 0 Å². The van der Waals surface area contributed by atoms with Crippen LogP contribution in [0.4, 0.5) is 0 Å². The lowest BCUT2D eigenvalue weighted by Gasteiger charge is -2.09. The summed E-state index contributed by atoms with van der Waals surface area (Å²) >= 11 is 3.43. The average molecular weight is 236 g/mol. The van der Waals surface area contributed by atoms with Crippen molar-refractivity contribution in [3.63, 3.8) is 0 Å². The minimum absolute atomic E-state index is 0.409. The molecular weight excluding hydrogens is 224 g/mol. The number of aliphatic hydroxyl groups excluding tert-OH is 1. The van der Waals surface area contributed by atoms with Crippen LogP contribution in [0.2, 0.25) is 0 Å². The topological polar surface area (TPSA) is 20.2 Å². The minimum atomic E-state index is -0.409. The first-order chi connectivity index (χ1) is 7.27. The lowest BCUT2D eigenvalue weighted by Crippen LogP contribution is -1.92.